The summed E-state index contributed by atoms with van der Waals surface area (Å²) in [5.41, 5.74) is 1.67. The average Bonchev–Trinajstić information content (AvgIpc) is 2.16. The van der Waals surface area contributed by atoms with Crippen LogP contribution in [0.1, 0.15) is 41.5 Å². The number of rotatable bonds is 4. The van der Waals surface area contributed by atoms with E-state index >= 15 is 0 Å². The third-order valence-electron chi connectivity index (χ3n) is 2.19. The Morgan fingerprint density at radius 2 is 1.88 bits per heavy atom. The van der Waals surface area contributed by atoms with Gasteiger partial charge in [-0.1, -0.05) is 13.3 Å². The van der Waals surface area contributed by atoms with Gasteiger partial charge in [-0.2, -0.15) is 0 Å². The molecule has 0 radical (unpaired) electrons. The number of carbonyl (C=O) groups is 1. The minimum atomic E-state index is -0.350. The fourth-order valence-corrected chi connectivity index (χ4v) is 1.68. The maximum atomic E-state index is 11.7. The molecular weight excluding hydrogens is 224 g/mol. The first-order chi connectivity index (χ1) is 7.56. The van der Waals surface area contributed by atoms with E-state index in [9.17, 15) is 4.79 Å². The van der Waals surface area contributed by atoms with Crippen LogP contribution in [0.15, 0.2) is 5.16 Å². The zero-order chi connectivity index (χ0) is 12.1. The minimum absolute atomic E-state index is 0.350. The lowest BCUT2D eigenvalue weighted by Crippen LogP contribution is -2.12. The highest BCUT2D eigenvalue weighted by atomic mass is 32.1. The van der Waals surface area contributed by atoms with E-state index in [1.807, 2.05) is 6.92 Å². The summed E-state index contributed by atoms with van der Waals surface area (Å²) in [5, 5.41) is 0.375. The number of nitrogens with zero attached hydrogens (tertiary/aromatic N) is 2. The average molecular weight is 240 g/mol. The Balaban J connectivity index is 2.83. The normalized spacial score (nSPS) is 10.2. The third-order valence-corrected chi connectivity index (χ3v) is 2.39. The number of ether oxygens (including phenoxy) is 1. The number of esters is 1. The zero-order valence-corrected chi connectivity index (χ0v) is 10.7. The standard InChI is InChI=1S/C11H16N2O2S/c1-4-5-6-15-10(14)9-7(2)12-11(16)13-8(9)3/h4-6H2,1-3H3,(H,12,13,16). The number of hydrogen-bond donors (Lipinski definition) is 1. The van der Waals surface area contributed by atoms with Crippen LogP contribution in [-0.4, -0.2) is 22.5 Å². The first kappa shape index (κ1) is 13.0. The molecule has 0 bridgehead atoms. The van der Waals surface area contributed by atoms with Crippen LogP contribution in [0.5, 0.6) is 0 Å². The maximum absolute atomic E-state index is 11.7. The molecule has 0 fully saturated rings. The van der Waals surface area contributed by atoms with Crippen molar-refractivity contribution in [1.82, 2.24) is 9.97 Å². The van der Waals surface area contributed by atoms with Crippen molar-refractivity contribution in [1.29, 1.82) is 0 Å². The van der Waals surface area contributed by atoms with E-state index < -0.39 is 0 Å². The van der Waals surface area contributed by atoms with E-state index in [-0.39, 0.29) is 5.97 Å². The Hall–Kier alpha value is -1.10. The van der Waals surface area contributed by atoms with Crippen LogP contribution >= 0.6 is 12.6 Å². The van der Waals surface area contributed by atoms with Crippen LogP contribution in [0.4, 0.5) is 0 Å². The molecule has 0 aliphatic rings. The van der Waals surface area contributed by atoms with Gasteiger partial charge in [-0.3, -0.25) is 0 Å². The zero-order valence-electron chi connectivity index (χ0n) is 9.78. The smallest absolute Gasteiger partial charge is 0.341 e. The van der Waals surface area contributed by atoms with Gasteiger partial charge in [0.05, 0.1) is 18.0 Å². The van der Waals surface area contributed by atoms with Crippen molar-refractivity contribution in [3.05, 3.63) is 17.0 Å². The van der Waals surface area contributed by atoms with Crippen LogP contribution in [0.3, 0.4) is 0 Å². The van der Waals surface area contributed by atoms with Crippen molar-refractivity contribution < 1.29 is 9.53 Å². The summed E-state index contributed by atoms with van der Waals surface area (Å²) < 4.78 is 5.13. The third kappa shape index (κ3) is 3.20. The van der Waals surface area contributed by atoms with Crippen molar-refractivity contribution in [2.24, 2.45) is 0 Å². The second kappa shape index (κ2) is 5.84. The van der Waals surface area contributed by atoms with E-state index in [1.54, 1.807) is 13.8 Å². The van der Waals surface area contributed by atoms with E-state index in [1.165, 1.54) is 0 Å². The van der Waals surface area contributed by atoms with Gasteiger partial charge in [-0.25, -0.2) is 14.8 Å². The van der Waals surface area contributed by atoms with E-state index in [0.29, 0.717) is 28.7 Å². The highest BCUT2D eigenvalue weighted by Crippen LogP contribution is 2.13. The van der Waals surface area contributed by atoms with Gasteiger partial charge < -0.3 is 4.74 Å². The summed E-state index contributed by atoms with van der Waals surface area (Å²) in [4.78, 5) is 19.8. The first-order valence-corrected chi connectivity index (χ1v) is 5.72. The van der Waals surface area contributed by atoms with Crippen molar-refractivity contribution >= 4 is 18.6 Å². The SMILES string of the molecule is CCCCOC(=O)c1c(C)nc(S)nc1C. The van der Waals surface area contributed by atoms with Gasteiger partial charge in [0.2, 0.25) is 0 Å². The lowest BCUT2D eigenvalue weighted by molar-refractivity contribution is 0.0496. The fourth-order valence-electron chi connectivity index (χ4n) is 1.38. The van der Waals surface area contributed by atoms with Gasteiger partial charge in [-0.15, -0.1) is 12.6 Å². The molecule has 0 amide bonds. The van der Waals surface area contributed by atoms with Gasteiger partial charge >= 0.3 is 5.97 Å². The molecule has 0 atom stereocenters. The first-order valence-electron chi connectivity index (χ1n) is 5.27. The molecule has 0 N–H and O–H groups in total. The number of hydrogen-bond acceptors (Lipinski definition) is 5. The Morgan fingerprint density at radius 1 is 1.31 bits per heavy atom. The van der Waals surface area contributed by atoms with Gasteiger partial charge in [0.15, 0.2) is 5.16 Å². The summed E-state index contributed by atoms with van der Waals surface area (Å²) in [7, 11) is 0. The van der Waals surface area contributed by atoms with Crippen molar-refractivity contribution in [3.8, 4) is 0 Å². The monoisotopic (exact) mass is 240 g/mol. The highest BCUT2D eigenvalue weighted by Gasteiger charge is 2.16. The molecule has 0 spiro atoms. The minimum Gasteiger partial charge on any atom is -0.462 e. The molecule has 0 aliphatic heterocycles. The summed E-state index contributed by atoms with van der Waals surface area (Å²) in [5.74, 6) is -0.350. The fraction of sp³-hybridized carbons (Fsp3) is 0.545. The van der Waals surface area contributed by atoms with E-state index in [0.717, 1.165) is 12.8 Å². The number of aromatic nitrogens is 2. The molecule has 1 aromatic heterocycles. The van der Waals surface area contributed by atoms with Crippen LogP contribution in [-0.2, 0) is 4.74 Å². The quantitative estimate of drug-likeness (QED) is 0.380. The Morgan fingerprint density at radius 3 is 2.38 bits per heavy atom. The van der Waals surface area contributed by atoms with Gasteiger partial charge in [0.25, 0.3) is 0 Å². The second-order valence-corrected chi connectivity index (χ2v) is 3.96. The summed E-state index contributed by atoms with van der Waals surface area (Å²) in [6.45, 7) is 6.00. The lowest BCUT2D eigenvalue weighted by Gasteiger charge is -2.08. The van der Waals surface area contributed by atoms with Crippen molar-refractivity contribution in [2.75, 3.05) is 6.61 Å². The molecule has 16 heavy (non-hydrogen) atoms. The summed E-state index contributed by atoms with van der Waals surface area (Å²) >= 11 is 4.05. The molecule has 1 heterocycles. The van der Waals surface area contributed by atoms with Gasteiger partial charge in [-0.05, 0) is 20.3 Å². The molecule has 0 aromatic carbocycles. The summed E-state index contributed by atoms with van der Waals surface area (Å²) in [6, 6.07) is 0. The number of thiol groups is 1. The number of aryl methyl sites for hydroxylation is 2. The highest BCUT2D eigenvalue weighted by molar-refractivity contribution is 7.80. The van der Waals surface area contributed by atoms with Crippen LogP contribution < -0.4 is 0 Å². The predicted octanol–water partition coefficient (Wildman–Crippen LogP) is 2.34. The van der Waals surface area contributed by atoms with Crippen molar-refractivity contribution in [3.63, 3.8) is 0 Å². The van der Waals surface area contributed by atoms with Crippen molar-refractivity contribution in [2.45, 2.75) is 38.8 Å². The van der Waals surface area contributed by atoms with E-state index in [4.69, 9.17) is 4.74 Å². The lowest BCUT2D eigenvalue weighted by atomic mass is 10.2. The van der Waals surface area contributed by atoms with Gasteiger partial charge in [0, 0.05) is 0 Å². The second-order valence-electron chi connectivity index (χ2n) is 3.56. The molecule has 0 aliphatic carbocycles. The molecule has 5 heteroatoms. The Kier molecular flexibility index (Phi) is 4.73. The molecule has 0 saturated carbocycles. The predicted molar refractivity (Wildman–Crippen MR) is 63.9 cm³/mol. The Labute approximate surface area is 101 Å². The molecule has 0 unspecified atom stereocenters. The topological polar surface area (TPSA) is 52.1 Å². The Bertz CT molecular complexity index is 371. The van der Waals surface area contributed by atoms with Crippen LogP contribution in [0, 0.1) is 13.8 Å². The van der Waals surface area contributed by atoms with Gasteiger partial charge in [0.1, 0.15) is 5.56 Å². The van der Waals surface area contributed by atoms with Crippen LogP contribution in [0.2, 0.25) is 0 Å². The maximum Gasteiger partial charge on any atom is 0.341 e. The molecule has 0 saturated heterocycles. The molecule has 88 valence electrons. The van der Waals surface area contributed by atoms with E-state index in [2.05, 4.69) is 22.6 Å². The summed E-state index contributed by atoms with van der Waals surface area (Å²) in [6.07, 6.45) is 1.87. The molecule has 4 nitrogen and oxygen atoms in total. The van der Waals surface area contributed by atoms with Crippen LogP contribution in [0.25, 0.3) is 0 Å². The number of unbranched alkanes of at least 4 members (excludes halogenated alkanes) is 1. The molecule has 1 rings (SSSR count). The molecule has 1 aromatic rings. The number of carbonyl (C=O) groups excluding carboxylic acids is 1. The largest absolute Gasteiger partial charge is 0.462 e. The molecular formula is C11H16N2O2S.